The predicted molar refractivity (Wildman–Crippen MR) is 115 cm³/mol. The van der Waals surface area contributed by atoms with E-state index < -0.39 is 29.2 Å². The van der Waals surface area contributed by atoms with Gasteiger partial charge in [-0.15, -0.1) is 23.2 Å². The van der Waals surface area contributed by atoms with Crippen molar-refractivity contribution < 1.29 is 14.4 Å². The molecule has 28 heavy (non-hydrogen) atoms. The third-order valence-corrected chi connectivity index (χ3v) is 5.40. The van der Waals surface area contributed by atoms with Crippen molar-refractivity contribution in [1.82, 2.24) is 21.3 Å². The lowest BCUT2D eigenvalue weighted by atomic mass is 10.0. The second-order valence-electron chi connectivity index (χ2n) is 9.07. The summed E-state index contributed by atoms with van der Waals surface area (Å²) in [5, 5.41) is 11.0. The van der Waals surface area contributed by atoms with Crippen LogP contribution in [0.4, 0.5) is 4.79 Å². The van der Waals surface area contributed by atoms with Crippen LogP contribution in [0.5, 0.6) is 0 Å². The molecule has 0 aliphatic carbocycles. The van der Waals surface area contributed by atoms with E-state index in [0.29, 0.717) is 0 Å². The fraction of sp³-hybridized carbons (Fsp3) is 0.842. The van der Waals surface area contributed by atoms with Crippen LogP contribution in [0.2, 0.25) is 0 Å². The van der Waals surface area contributed by atoms with Gasteiger partial charge in [0.15, 0.2) is 0 Å². The van der Waals surface area contributed by atoms with Crippen LogP contribution >= 0.6 is 23.2 Å². The highest BCUT2D eigenvalue weighted by molar-refractivity contribution is 6.19. The number of carbonyl (C=O) groups excluding carboxylic acids is 3. The van der Waals surface area contributed by atoms with Crippen LogP contribution in [0.25, 0.3) is 0 Å². The molecule has 4 amide bonds. The van der Waals surface area contributed by atoms with E-state index in [0.717, 1.165) is 0 Å². The fourth-order valence-corrected chi connectivity index (χ4v) is 2.42. The number of alkyl halides is 2. The average Bonchev–Trinajstić information content (AvgIpc) is 2.55. The van der Waals surface area contributed by atoms with Crippen molar-refractivity contribution in [2.45, 2.75) is 78.6 Å². The number of carbonyl (C=O) groups is 3. The van der Waals surface area contributed by atoms with Crippen molar-refractivity contribution in [3.8, 4) is 0 Å². The van der Waals surface area contributed by atoms with Crippen molar-refractivity contribution in [1.29, 1.82) is 0 Å². The maximum Gasteiger partial charge on any atom is 0.316 e. The number of amides is 4. The Bertz CT molecular complexity index is 505. The molecule has 0 rings (SSSR count). The van der Waals surface area contributed by atoms with E-state index in [1.807, 2.05) is 27.7 Å². The Morgan fingerprint density at radius 3 is 1.21 bits per heavy atom. The largest absolute Gasteiger partial charge is 0.348 e. The molecule has 0 aromatic heterocycles. The Hall–Kier alpha value is -1.21. The van der Waals surface area contributed by atoms with Crippen LogP contribution in [0.15, 0.2) is 0 Å². The lowest BCUT2D eigenvalue weighted by Gasteiger charge is -2.31. The minimum atomic E-state index is -0.766. The van der Waals surface area contributed by atoms with Gasteiger partial charge in [-0.3, -0.25) is 9.59 Å². The zero-order valence-electron chi connectivity index (χ0n) is 18.2. The van der Waals surface area contributed by atoms with Gasteiger partial charge in [0.2, 0.25) is 11.8 Å². The lowest BCUT2D eigenvalue weighted by Crippen LogP contribution is -2.61. The zero-order valence-corrected chi connectivity index (χ0v) is 19.7. The van der Waals surface area contributed by atoms with Gasteiger partial charge in [0.25, 0.3) is 0 Å². The summed E-state index contributed by atoms with van der Waals surface area (Å²) in [7, 11) is 0. The molecule has 2 atom stereocenters. The summed E-state index contributed by atoms with van der Waals surface area (Å²) in [6.07, 6.45) is 0. The van der Waals surface area contributed by atoms with E-state index in [1.54, 1.807) is 27.7 Å². The molecule has 0 heterocycles. The molecule has 0 aromatic carbocycles. The third kappa shape index (κ3) is 9.32. The first-order chi connectivity index (χ1) is 12.7. The molecule has 0 aromatic rings. The van der Waals surface area contributed by atoms with Gasteiger partial charge in [0.05, 0.1) is 0 Å². The number of hydrogen-bond acceptors (Lipinski definition) is 3. The molecule has 0 radical (unpaired) electrons. The number of hydrogen-bond donors (Lipinski definition) is 4. The third-order valence-electron chi connectivity index (χ3n) is 4.06. The van der Waals surface area contributed by atoms with Gasteiger partial charge in [-0.2, -0.15) is 0 Å². The van der Waals surface area contributed by atoms with E-state index in [2.05, 4.69) is 21.3 Å². The molecule has 9 heteroatoms. The van der Waals surface area contributed by atoms with Crippen LogP contribution in [0.3, 0.4) is 0 Å². The van der Waals surface area contributed by atoms with Gasteiger partial charge in [0.1, 0.15) is 12.1 Å². The first kappa shape index (κ1) is 26.8. The summed E-state index contributed by atoms with van der Waals surface area (Å²) in [6, 6.07) is -2.12. The van der Waals surface area contributed by atoms with Gasteiger partial charge >= 0.3 is 6.03 Å². The summed E-state index contributed by atoms with van der Waals surface area (Å²) >= 11 is 11.7. The van der Waals surface area contributed by atoms with E-state index >= 15 is 0 Å². The number of nitrogens with one attached hydrogen (secondary N) is 4. The van der Waals surface area contributed by atoms with Crippen molar-refractivity contribution in [2.24, 2.45) is 11.8 Å². The van der Waals surface area contributed by atoms with E-state index in [9.17, 15) is 14.4 Å². The topological polar surface area (TPSA) is 99.3 Å². The van der Waals surface area contributed by atoms with Crippen molar-refractivity contribution >= 4 is 41.0 Å². The van der Waals surface area contributed by atoms with Crippen molar-refractivity contribution in [3.63, 3.8) is 0 Å². The second kappa shape index (κ2) is 11.1. The molecule has 4 N–H and O–H groups in total. The first-order valence-electron chi connectivity index (χ1n) is 9.48. The number of urea groups is 1. The Kier molecular flexibility index (Phi) is 10.6. The normalized spacial score (nSPS) is 14.4. The Morgan fingerprint density at radius 1 is 0.714 bits per heavy atom. The van der Waals surface area contributed by atoms with Gasteiger partial charge < -0.3 is 21.3 Å². The van der Waals surface area contributed by atoms with Gasteiger partial charge in [0, 0.05) is 22.8 Å². The molecule has 0 aliphatic rings. The monoisotopic (exact) mass is 438 g/mol. The molecule has 0 fully saturated rings. The minimum Gasteiger partial charge on any atom is -0.348 e. The van der Waals surface area contributed by atoms with Crippen LogP contribution < -0.4 is 21.3 Å². The molecular weight excluding hydrogens is 403 g/mol. The molecule has 0 aliphatic heterocycles. The van der Waals surface area contributed by atoms with Gasteiger partial charge in [-0.25, -0.2) is 4.79 Å². The van der Waals surface area contributed by atoms with Crippen LogP contribution in [0, 0.1) is 11.8 Å². The molecule has 7 nitrogen and oxygen atoms in total. The lowest BCUT2D eigenvalue weighted by molar-refractivity contribution is -0.125. The maximum absolute atomic E-state index is 12.6. The smallest absolute Gasteiger partial charge is 0.316 e. The summed E-state index contributed by atoms with van der Waals surface area (Å²) < 4.78 is 0. The molecule has 0 bridgehead atoms. The van der Waals surface area contributed by atoms with Crippen LogP contribution in [-0.4, -0.2) is 52.8 Å². The molecule has 164 valence electrons. The molecule has 0 saturated heterocycles. The minimum absolute atomic E-state index is 0.154. The summed E-state index contributed by atoms with van der Waals surface area (Å²) in [6.45, 7) is 14.5. The van der Waals surface area contributed by atoms with E-state index in [1.165, 1.54) is 0 Å². The van der Waals surface area contributed by atoms with Gasteiger partial charge in [-0.05, 0) is 39.5 Å². The molecule has 0 unspecified atom stereocenters. The second-order valence-corrected chi connectivity index (χ2v) is 9.61. The van der Waals surface area contributed by atoms with Crippen molar-refractivity contribution in [2.75, 3.05) is 11.8 Å². The Morgan fingerprint density at radius 2 is 1.00 bits per heavy atom. The van der Waals surface area contributed by atoms with Crippen molar-refractivity contribution in [3.05, 3.63) is 0 Å². The Labute approximate surface area is 179 Å². The highest BCUT2D eigenvalue weighted by atomic mass is 35.5. The van der Waals surface area contributed by atoms with Gasteiger partial charge in [-0.1, -0.05) is 27.7 Å². The average molecular weight is 439 g/mol. The first-order valence-corrected chi connectivity index (χ1v) is 10.6. The summed E-state index contributed by atoms with van der Waals surface area (Å²) in [5.74, 6) is -0.491. The SMILES string of the molecule is CC(C)[C@H](NC(=O)N[C@H](C(=O)NC(C)(C)CCl)C(C)C)C(=O)NC(C)(C)CCl. The predicted octanol–water partition coefficient (Wildman–Crippen LogP) is 2.60. The van der Waals surface area contributed by atoms with Crippen LogP contribution in [-0.2, 0) is 9.59 Å². The molecule has 0 saturated carbocycles. The number of halogens is 2. The summed E-state index contributed by atoms with van der Waals surface area (Å²) in [5.41, 5.74) is -1.20. The zero-order chi connectivity index (χ0) is 22.3. The molecule has 0 spiro atoms. The maximum atomic E-state index is 12.6. The van der Waals surface area contributed by atoms with E-state index in [4.69, 9.17) is 23.2 Å². The highest BCUT2D eigenvalue weighted by Crippen LogP contribution is 2.10. The van der Waals surface area contributed by atoms with Crippen LogP contribution in [0.1, 0.15) is 55.4 Å². The fourth-order valence-electron chi connectivity index (χ4n) is 2.28. The highest BCUT2D eigenvalue weighted by Gasteiger charge is 2.32. The molecular formula is C19H36Cl2N4O3. The number of rotatable bonds is 10. The summed E-state index contributed by atoms with van der Waals surface area (Å²) in [4.78, 5) is 37.7. The quantitative estimate of drug-likeness (QED) is 0.394. The Balaban J connectivity index is 5.15. The van der Waals surface area contributed by atoms with E-state index in [-0.39, 0.29) is 35.4 Å². The standard InChI is InChI=1S/C19H36Cl2N4O3/c1-11(2)13(15(26)24-18(5,6)9-20)22-17(28)23-14(12(3)4)16(27)25-19(7,8)10-21/h11-14H,9-10H2,1-8H3,(H,24,26)(H,25,27)(H2,22,23,28)/t13-,14-/m0/s1.